The maximum Gasteiger partial charge on any atom is 0.0800 e. The first kappa shape index (κ1) is 12.8. The number of aryl methyl sites for hydroxylation is 1. The van der Waals surface area contributed by atoms with Gasteiger partial charge < -0.3 is 4.74 Å². The van der Waals surface area contributed by atoms with Gasteiger partial charge in [0.1, 0.15) is 0 Å². The van der Waals surface area contributed by atoms with Crippen LogP contribution in [0.1, 0.15) is 22.7 Å². The topological polar surface area (TPSA) is 30.3 Å². The number of ether oxygens (including phenoxy) is 1. The van der Waals surface area contributed by atoms with Crippen molar-refractivity contribution in [3.8, 4) is 0 Å². The van der Waals surface area contributed by atoms with E-state index in [0.717, 1.165) is 26.2 Å². The van der Waals surface area contributed by atoms with Crippen molar-refractivity contribution in [1.29, 1.82) is 0 Å². The normalized spacial score (nSPS) is 19.6. The molecule has 2 aromatic heterocycles. The van der Waals surface area contributed by atoms with Crippen LogP contribution in [-0.2, 0) is 24.9 Å². The van der Waals surface area contributed by atoms with Crippen LogP contribution < -0.4 is 0 Å². The second-order valence-corrected chi connectivity index (χ2v) is 5.94. The molecule has 0 aromatic carbocycles. The fourth-order valence-corrected chi connectivity index (χ4v) is 3.47. The lowest BCUT2D eigenvalue weighted by Gasteiger charge is -2.31. The van der Waals surface area contributed by atoms with E-state index in [1.165, 1.54) is 16.8 Å². The summed E-state index contributed by atoms with van der Waals surface area (Å²) in [6.45, 7) is 3.74. The Balaban J connectivity index is 1.79. The number of hydrogen-bond acceptors (Lipinski definition) is 4. The van der Waals surface area contributed by atoms with E-state index in [1.54, 1.807) is 18.4 Å². The second kappa shape index (κ2) is 5.45. The fraction of sp³-hybridized carbons (Fsp3) is 0.500. The van der Waals surface area contributed by atoms with Crippen LogP contribution in [-0.4, -0.2) is 34.9 Å². The Morgan fingerprint density at radius 2 is 2.42 bits per heavy atom. The monoisotopic (exact) mass is 277 g/mol. The van der Waals surface area contributed by atoms with E-state index in [0.29, 0.717) is 5.92 Å². The molecular formula is C14H19N3OS. The molecule has 1 aliphatic heterocycles. The molecule has 4 nitrogen and oxygen atoms in total. The summed E-state index contributed by atoms with van der Waals surface area (Å²) in [5.74, 6) is 0.432. The molecule has 2 aromatic rings. The van der Waals surface area contributed by atoms with Crippen LogP contribution in [0.3, 0.4) is 0 Å². The summed E-state index contributed by atoms with van der Waals surface area (Å²) in [6, 6.07) is 2.20. The molecule has 0 saturated carbocycles. The van der Waals surface area contributed by atoms with Gasteiger partial charge in [0, 0.05) is 51.5 Å². The molecule has 1 atom stereocenters. The molecule has 19 heavy (non-hydrogen) atoms. The van der Waals surface area contributed by atoms with Gasteiger partial charge in [0.25, 0.3) is 0 Å². The van der Waals surface area contributed by atoms with Crippen LogP contribution >= 0.6 is 11.3 Å². The lowest BCUT2D eigenvalue weighted by Crippen LogP contribution is -2.34. The standard InChI is InChI=1S/C14H19N3OS/c1-16-7-13-12(9-18-2)6-17(8-14(13)15-16)5-11-3-4-19-10-11/h3-4,7,10,12H,5-6,8-9H2,1-2H3/t12-/m1/s1. The van der Waals surface area contributed by atoms with Gasteiger partial charge in [0.15, 0.2) is 0 Å². The van der Waals surface area contributed by atoms with Crippen molar-refractivity contribution in [2.45, 2.75) is 19.0 Å². The Morgan fingerprint density at radius 3 is 3.16 bits per heavy atom. The molecule has 0 N–H and O–H groups in total. The highest BCUT2D eigenvalue weighted by atomic mass is 32.1. The highest BCUT2D eigenvalue weighted by Gasteiger charge is 2.27. The first-order valence-electron chi connectivity index (χ1n) is 6.51. The highest BCUT2D eigenvalue weighted by molar-refractivity contribution is 7.07. The summed E-state index contributed by atoms with van der Waals surface area (Å²) in [5, 5.41) is 8.94. The molecule has 1 aliphatic rings. The van der Waals surface area contributed by atoms with Gasteiger partial charge in [-0.1, -0.05) is 0 Å². The molecular weight excluding hydrogens is 258 g/mol. The van der Waals surface area contributed by atoms with Gasteiger partial charge in [0.2, 0.25) is 0 Å². The van der Waals surface area contributed by atoms with Gasteiger partial charge >= 0.3 is 0 Å². The molecule has 0 saturated heterocycles. The van der Waals surface area contributed by atoms with Crippen molar-refractivity contribution in [2.24, 2.45) is 7.05 Å². The summed E-state index contributed by atoms with van der Waals surface area (Å²) in [5.41, 5.74) is 3.94. The summed E-state index contributed by atoms with van der Waals surface area (Å²) in [6.07, 6.45) is 2.14. The predicted octanol–water partition coefficient (Wildman–Crippen LogP) is 2.23. The van der Waals surface area contributed by atoms with Gasteiger partial charge in [-0.2, -0.15) is 16.4 Å². The molecule has 3 heterocycles. The van der Waals surface area contributed by atoms with E-state index in [-0.39, 0.29) is 0 Å². The molecule has 0 aliphatic carbocycles. The van der Waals surface area contributed by atoms with Crippen LogP contribution in [0.5, 0.6) is 0 Å². The van der Waals surface area contributed by atoms with Crippen molar-refractivity contribution >= 4 is 11.3 Å². The Morgan fingerprint density at radius 1 is 1.53 bits per heavy atom. The molecule has 3 rings (SSSR count). The zero-order chi connectivity index (χ0) is 13.2. The minimum Gasteiger partial charge on any atom is -0.384 e. The second-order valence-electron chi connectivity index (χ2n) is 5.16. The van der Waals surface area contributed by atoms with Crippen LogP contribution in [0.25, 0.3) is 0 Å². The Kier molecular flexibility index (Phi) is 3.68. The fourth-order valence-electron chi connectivity index (χ4n) is 2.81. The van der Waals surface area contributed by atoms with Crippen molar-refractivity contribution in [3.63, 3.8) is 0 Å². The van der Waals surface area contributed by atoms with Gasteiger partial charge in [-0.25, -0.2) is 0 Å². The number of nitrogens with zero attached hydrogens (tertiary/aromatic N) is 3. The van der Waals surface area contributed by atoms with Crippen molar-refractivity contribution in [1.82, 2.24) is 14.7 Å². The van der Waals surface area contributed by atoms with E-state index in [1.807, 2.05) is 11.7 Å². The van der Waals surface area contributed by atoms with Crippen LogP contribution in [0.2, 0.25) is 0 Å². The van der Waals surface area contributed by atoms with Crippen molar-refractivity contribution in [3.05, 3.63) is 39.8 Å². The molecule has 102 valence electrons. The molecule has 0 bridgehead atoms. The Hall–Kier alpha value is -1.17. The first-order chi connectivity index (χ1) is 9.26. The lowest BCUT2D eigenvalue weighted by atomic mass is 9.95. The van der Waals surface area contributed by atoms with E-state index in [9.17, 15) is 0 Å². The lowest BCUT2D eigenvalue weighted by molar-refractivity contribution is 0.135. The van der Waals surface area contributed by atoms with Crippen molar-refractivity contribution in [2.75, 3.05) is 20.3 Å². The third-order valence-electron chi connectivity index (χ3n) is 3.58. The van der Waals surface area contributed by atoms with Crippen LogP contribution in [0.15, 0.2) is 23.0 Å². The first-order valence-corrected chi connectivity index (χ1v) is 7.45. The van der Waals surface area contributed by atoms with Gasteiger partial charge in [0.05, 0.1) is 12.3 Å². The number of aromatic nitrogens is 2. The summed E-state index contributed by atoms with van der Waals surface area (Å²) in [4.78, 5) is 2.46. The SMILES string of the molecule is COC[C@H]1CN(Cc2ccsc2)Cc2nn(C)cc21. The average molecular weight is 277 g/mol. The summed E-state index contributed by atoms with van der Waals surface area (Å²) < 4.78 is 7.29. The van der Waals surface area contributed by atoms with Gasteiger partial charge in [-0.05, 0) is 22.4 Å². The molecule has 0 amide bonds. The van der Waals surface area contributed by atoms with E-state index >= 15 is 0 Å². The minimum absolute atomic E-state index is 0.432. The highest BCUT2D eigenvalue weighted by Crippen LogP contribution is 2.28. The summed E-state index contributed by atoms with van der Waals surface area (Å²) in [7, 11) is 3.76. The Labute approximate surface area is 117 Å². The quantitative estimate of drug-likeness (QED) is 0.858. The maximum absolute atomic E-state index is 5.37. The average Bonchev–Trinajstić information content (AvgIpc) is 2.98. The number of methoxy groups -OCH3 is 1. The maximum atomic E-state index is 5.37. The number of hydrogen-bond donors (Lipinski definition) is 0. The zero-order valence-corrected chi connectivity index (χ0v) is 12.2. The Bertz CT molecular complexity index is 535. The van der Waals surface area contributed by atoms with Crippen molar-refractivity contribution < 1.29 is 4.74 Å². The molecule has 0 fully saturated rings. The molecule has 0 spiro atoms. The summed E-state index contributed by atoms with van der Waals surface area (Å²) >= 11 is 1.76. The van der Waals surface area contributed by atoms with Crippen LogP contribution in [0, 0.1) is 0 Å². The minimum atomic E-state index is 0.432. The van der Waals surface area contributed by atoms with E-state index in [2.05, 4.69) is 33.0 Å². The van der Waals surface area contributed by atoms with Gasteiger partial charge in [-0.3, -0.25) is 9.58 Å². The smallest absolute Gasteiger partial charge is 0.0800 e. The number of fused-ring (bicyclic) bond motifs is 1. The van der Waals surface area contributed by atoms with E-state index < -0.39 is 0 Å². The third-order valence-corrected chi connectivity index (χ3v) is 4.32. The van der Waals surface area contributed by atoms with E-state index in [4.69, 9.17) is 4.74 Å². The predicted molar refractivity (Wildman–Crippen MR) is 76.3 cm³/mol. The largest absolute Gasteiger partial charge is 0.384 e. The molecule has 5 heteroatoms. The molecule has 0 radical (unpaired) electrons. The third kappa shape index (κ3) is 2.73. The number of thiophene rings is 1. The molecule has 0 unspecified atom stereocenters. The van der Waals surface area contributed by atoms with Crippen LogP contribution in [0.4, 0.5) is 0 Å². The number of rotatable bonds is 4. The van der Waals surface area contributed by atoms with Gasteiger partial charge in [-0.15, -0.1) is 0 Å². The zero-order valence-electron chi connectivity index (χ0n) is 11.4.